The van der Waals surface area contributed by atoms with E-state index in [0.717, 1.165) is 19.3 Å². The molecule has 0 bridgehead atoms. The highest BCUT2D eigenvalue weighted by molar-refractivity contribution is 5.39. The van der Waals surface area contributed by atoms with Gasteiger partial charge in [-0.25, -0.2) is 0 Å². The monoisotopic (exact) mass is 571 g/mol. The van der Waals surface area contributed by atoms with Gasteiger partial charge in [-0.05, 0) is 115 Å². The molecule has 0 radical (unpaired) electrons. The summed E-state index contributed by atoms with van der Waals surface area (Å²) in [4.78, 5) is 0. The molecule has 11 atom stereocenters. The summed E-state index contributed by atoms with van der Waals surface area (Å²) in [5.74, 6) is 1.42. The van der Waals surface area contributed by atoms with Crippen molar-refractivity contribution < 1.29 is 14.6 Å². The van der Waals surface area contributed by atoms with Gasteiger partial charge in [0.2, 0.25) is 0 Å². The Hall–Kier alpha value is -0.420. The molecule has 0 aliphatic heterocycles. The molecule has 236 valence electrons. The number of hydrogen-bond donors (Lipinski definition) is 2. The van der Waals surface area contributed by atoms with Crippen LogP contribution >= 0.6 is 0 Å². The summed E-state index contributed by atoms with van der Waals surface area (Å²) in [7, 11) is 1.96. The third kappa shape index (κ3) is 4.11. The molecule has 4 heteroatoms. The van der Waals surface area contributed by atoms with E-state index in [0.29, 0.717) is 23.2 Å². The number of nitrogens with two attached hydrogens (primary N) is 1. The molecule has 0 aromatic heterocycles. The van der Waals surface area contributed by atoms with Gasteiger partial charge in [0.25, 0.3) is 0 Å². The van der Waals surface area contributed by atoms with Crippen LogP contribution in [0.15, 0.2) is 11.6 Å². The largest absolute Gasteiger partial charge is 0.393 e. The van der Waals surface area contributed by atoms with Crippen LogP contribution < -0.4 is 5.73 Å². The van der Waals surface area contributed by atoms with Crippen LogP contribution in [-0.4, -0.2) is 36.8 Å². The Kier molecular flexibility index (Phi) is 7.64. The van der Waals surface area contributed by atoms with Gasteiger partial charge in [0.15, 0.2) is 0 Å². The van der Waals surface area contributed by atoms with Crippen molar-refractivity contribution in [2.75, 3.05) is 7.11 Å². The maximum absolute atomic E-state index is 11.3. The Bertz CT molecular complexity index is 1050. The maximum Gasteiger partial charge on any atom is 0.103 e. The van der Waals surface area contributed by atoms with Crippen LogP contribution in [0.4, 0.5) is 0 Å². The summed E-state index contributed by atoms with van der Waals surface area (Å²) in [6, 6.07) is 0. The molecule has 0 amide bonds. The van der Waals surface area contributed by atoms with Crippen LogP contribution in [0.2, 0.25) is 0 Å². The van der Waals surface area contributed by atoms with Gasteiger partial charge in [-0.3, -0.25) is 0 Å². The van der Waals surface area contributed by atoms with Gasteiger partial charge in [-0.2, -0.15) is 0 Å². The second-order valence-corrected chi connectivity index (χ2v) is 18.2. The highest BCUT2D eigenvalue weighted by Crippen LogP contribution is 2.79. The number of methoxy groups -OCH3 is 1. The molecule has 4 fully saturated rings. The maximum atomic E-state index is 11.3. The van der Waals surface area contributed by atoms with Crippen molar-refractivity contribution in [1.29, 1.82) is 0 Å². The van der Waals surface area contributed by atoms with E-state index in [2.05, 4.69) is 75.3 Å². The highest BCUT2D eigenvalue weighted by atomic mass is 16.5. The van der Waals surface area contributed by atoms with Crippen molar-refractivity contribution in [3.05, 3.63) is 11.6 Å². The lowest BCUT2D eigenvalue weighted by Gasteiger charge is -2.74. The van der Waals surface area contributed by atoms with Crippen LogP contribution in [0, 0.1) is 55.7 Å². The normalized spacial score (nSPS) is 50.1. The Morgan fingerprint density at radius 3 is 2.07 bits per heavy atom. The smallest absolute Gasteiger partial charge is 0.103 e. The van der Waals surface area contributed by atoms with Crippen molar-refractivity contribution in [1.82, 2.24) is 0 Å². The lowest BCUT2D eigenvalue weighted by molar-refractivity contribution is -0.244. The first-order valence-electron chi connectivity index (χ1n) is 17.1. The summed E-state index contributed by atoms with van der Waals surface area (Å²) >= 11 is 0. The quantitative estimate of drug-likeness (QED) is 0.256. The number of rotatable bonds is 5. The topological polar surface area (TPSA) is 64.7 Å². The summed E-state index contributed by atoms with van der Waals surface area (Å²) < 4.78 is 13.4. The van der Waals surface area contributed by atoms with Gasteiger partial charge < -0.3 is 20.3 Å². The third-order valence-corrected chi connectivity index (χ3v) is 15.5. The number of aliphatic hydroxyl groups is 1. The van der Waals surface area contributed by atoms with E-state index in [1.165, 1.54) is 38.5 Å². The first-order valence-corrected chi connectivity index (χ1v) is 17.1. The van der Waals surface area contributed by atoms with E-state index in [1.807, 2.05) is 14.0 Å². The third-order valence-electron chi connectivity index (χ3n) is 15.5. The molecular weight excluding hydrogens is 506 g/mol. The average molecular weight is 572 g/mol. The Balaban J connectivity index is 1.73. The molecule has 0 heterocycles. The molecule has 5 aliphatic carbocycles. The number of fused-ring (bicyclic) bond motifs is 7. The van der Waals surface area contributed by atoms with Crippen molar-refractivity contribution in [3.63, 3.8) is 0 Å². The van der Waals surface area contributed by atoms with Crippen molar-refractivity contribution in [2.45, 2.75) is 158 Å². The average Bonchev–Trinajstić information content (AvgIpc) is 2.86. The fraction of sp³-hybridized carbons (Fsp3) is 0.946. The molecule has 0 spiro atoms. The molecular formula is C37H65NO3. The first-order chi connectivity index (χ1) is 18.8. The van der Waals surface area contributed by atoms with Crippen molar-refractivity contribution in [3.8, 4) is 0 Å². The SMILES string of the molecule is COC(C(C)C)C12CCC(C)(C)CC1C1C(OC(C)N)C=C3C(C)(CCC4(C)C3(C)CCC(O)C4(C)C)C1(C)CC2. The van der Waals surface area contributed by atoms with E-state index in [9.17, 15) is 5.11 Å². The van der Waals surface area contributed by atoms with E-state index >= 15 is 0 Å². The number of allylic oxidation sites excluding steroid dienone is 1. The zero-order chi connectivity index (χ0) is 30.6. The highest BCUT2D eigenvalue weighted by Gasteiger charge is 2.73. The lowest BCUT2D eigenvalue weighted by Crippen LogP contribution is -2.69. The summed E-state index contributed by atoms with van der Waals surface area (Å²) in [6.45, 7) is 26.7. The number of hydrogen-bond acceptors (Lipinski definition) is 4. The van der Waals surface area contributed by atoms with Crippen molar-refractivity contribution >= 4 is 0 Å². The Morgan fingerprint density at radius 2 is 1.49 bits per heavy atom. The van der Waals surface area contributed by atoms with Gasteiger partial charge in [0.05, 0.1) is 18.3 Å². The fourth-order valence-electron chi connectivity index (χ4n) is 12.5. The van der Waals surface area contributed by atoms with E-state index in [4.69, 9.17) is 15.2 Å². The molecule has 11 unspecified atom stereocenters. The molecule has 0 aromatic carbocycles. The zero-order valence-electron chi connectivity index (χ0n) is 28.8. The van der Waals surface area contributed by atoms with Crippen LogP contribution in [0.25, 0.3) is 0 Å². The summed E-state index contributed by atoms with van der Waals surface area (Å²) in [6.07, 6.45) is 12.8. The van der Waals surface area contributed by atoms with Crippen LogP contribution in [0.1, 0.15) is 134 Å². The van der Waals surface area contributed by atoms with Crippen LogP contribution in [0.3, 0.4) is 0 Å². The van der Waals surface area contributed by atoms with Crippen LogP contribution in [0.5, 0.6) is 0 Å². The van der Waals surface area contributed by atoms with Gasteiger partial charge >= 0.3 is 0 Å². The minimum atomic E-state index is -0.311. The molecule has 4 nitrogen and oxygen atoms in total. The standard InChI is InChI=1S/C37H65NO3/c1-23(2)30(40-12)37-19-15-31(4,5)22-25(37)29-26(41-24(3)38)21-27-33(8,35(29,10)17-20-37)16-18-36(11)32(6,7)28(39)13-14-34(27,36)9/h21,23-26,28-30,39H,13-20,22,38H2,1-12H3. The van der Waals surface area contributed by atoms with E-state index in [1.54, 1.807) is 5.57 Å². The molecule has 4 saturated carbocycles. The second kappa shape index (κ2) is 9.79. The first kappa shape index (κ1) is 32.0. The number of ether oxygens (including phenoxy) is 2. The predicted molar refractivity (Wildman–Crippen MR) is 169 cm³/mol. The van der Waals surface area contributed by atoms with Gasteiger partial charge in [-0.1, -0.05) is 80.9 Å². The van der Waals surface area contributed by atoms with E-state index < -0.39 is 0 Å². The molecule has 5 aliphatic rings. The summed E-state index contributed by atoms with van der Waals surface area (Å²) in [5, 5.41) is 11.3. The molecule has 5 rings (SSSR count). The van der Waals surface area contributed by atoms with Gasteiger partial charge in [0.1, 0.15) is 6.23 Å². The van der Waals surface area contributed by atoms with E-state index in [-0.39, 0.29) is 57.0 Å². The Labute approximate surface area is 253 Å². The minimum absolute atomic E-state index is 0.000422. The zero-order valence-corrected chi connectivity index (χ0v) is 28.8. The molecule has 3 N–H and O–H groups in total. The molecule has 0 saturated heterocycles. The Morgan fingerprint density at radius 1 is 0.854 bits per heavy atom. The fourth-order valence-corrected chi connectivity index (χ4v) is 12.5. The number of aliphatic hydroxyl groups excluding tert-OH is 1. The predicted octanol–water partition coefficient (Wildman–Crippen LogP) is 8.51. The summed E-state index contributed by atoms with van der Waals surface area (Å²) in [5.41, 5.74) is 8.73. The van der Waals surface area contributed by atoms with Gasteiger partial charge in [-0.15, -0.1) is 0 Å². The van der Waals surface area contributed by atoms with Gasteiger partial charge in [0, 0.05) is 12.5 Å². The van der Waals surface area contributed by atoms with Crippen molar-refractivity contribution in [2.24, 2.45) is 61.4 Å². The minimum Gasteiger partial charge on any atom is -0.393 e. The lowest BCUT2D eigenvalue weighted by atomic mass is 9.30. The molecule has 0 aromatic rings. The van der Waals surface area contributed by atoms with Crippen LogP contribution in [-0.2, 0) is 9.47 Å². The second-order valence-electron chi connectivity index (χ2n) is 18.2. The molecule has 41 heavy (non-hydrogen) atoms.